The summed E-state index contributed by atoms with van der Waals surface area (Å²) in [5.74, 6) is 1.10. The topological polar surface area (TPSA) is 104 Å². The third kappa shape index (κ3) is 5.10. The summed E-state index contributed by atoms with van der Waals surface area (Å²) in [4.78, 5) is 28.6. The van der Waals surface area contributed by atoms with E-state index in [-0.39, 0.29) is 24.8 Å². The summed E-state index contributed by atoms with van der Waals surface area (Å²) < 4.78 is 11.0. The van der Waals surface area contributed by atoms with Crippen LogP contribution in [0.15, 0.2) is 30.9 Å². The lowest BCUT2D eigenvalue weighted by Gasteiger charge is -2.39. The highest BCUT2D eigenvalue weighted by molar-refractivity contribution is 5.68. The summed E-state index contributed by atoms with van der Waals surface area (Å²) >= 11 is 0. The first-order chi connectivity index (χ1) is 14.0. The molecule has 3 heterocycles. The van der Waals surface area contributed by atoms with Crippen molar-refractivity contribution in [2.45, 2.75) is 39.5 Å². The summed E-state index contributed by atoms with van der Waals surface area (Å²) in [6.45, 7) is 7.66. The van der Waals surface area contributed by atoms with Crippen LogP contribution in [-0.2, 0) is 11.3 Å². The first-order valence-electron chi connectivity index (χ1n) is 9.48. The number of rotatable bonds is 5. The van der Waals surface area contributed by atoms with Crippen molar-refractivity contribution in [1.82, 2.24) is 19.9 Å². The molecule has 0 saturated carbocycles. The molecule has 3 rings (SSSR count). The number of piperazine rings is 1. The van der Waals surface area contributed by atoms with Crippen LogP contribution in [0, 0.1) is 11.3 Å². The predicted octanol–water partition coefficient (Wildman–Crippen LogP) is 2.38. The molecule has 0 aromatic carbocycles. The molecular formula is C20H24N6O3. The van der Waals surface area contributed by atoms with Gasteiger partial charge >= 0.3 is 6.09 Å². The Kier molecular flexibility index (Phi) is 6.44. The third-order valence-corrected chi connectivity index (χ3v) is 4.52. The molecule has 9 heteroatoms. The highest BCUT2D eigenvalue weighted by atomic mass is 16.6. The van der Waals surface area contributed by atoms with E-state index in [0.29, 0.717) is 36.9 Å². The Labute approximate surface area is 169 Å². The monoisotopic (exact) mass is 396 g/mol. The largest absolute Gasteiger partial charge is 0.486 e. The molecule has 1 saturated heterocycles. The lowest BCUT2D eigenvalue weighted by Crippen LogP contribution is -2.54. The van der Waals surface area contributed by atoms with Crippen molar-refractivity contribution in [1.29, 1.82) is 5.26 Å². The Bertz CT molecular complexity index is 881. The summed E-state index contributed by atoms with van der Waals surface area (Å²) in [5.41, 5.74) is 1.23. The molecule has 1 aliphatic heterocycles. The lowest BCUT2D eigenvalue weighted by atomic mass is 10.2. The van der Waals surface area contributed by atoms with Crippen LogP contribution >= 0.6 is 0 Å². The summed E-state index contributed by atoms with van der Waals surface area (Å²) in [7, 11) is 0. The maximum atomic E-state index is 12.1. The van der Waals surface area contributed by atoms with Gasteiger partial charge in [0.15, 0.2) is 5.75 Å². The van der Waals surface area contributed by atoms with Gasteiger partial charge in [-0.2, -0.15) is 5.26 Å². The van der Waals surface area contributed by atoms with Gasteiger partial charge < -0.3 is 19.3 Å². The van der Waals surface area contributed by atoms with Gasteiger partial charge in [0.05, 0.1) is 24.1 Å². The van der Waals surface area contributed by atoms with Crippen molar-refractivity contribution >= 4 is 12.0 Å². The molecule has 0 radical (unpaired) electrons. The molecule has 1 amide bonds. The van der Waals surface area contributed by atoms with E-state index < -0.39 is 0 Å². The molecule has 0 aliphatic carbocycles. The molecule has 2 aromatic rings. The number of ether oxygens (including phenoxy) is 2. The molecule has 2 aromatic heterocycles. The minimum absolute atomic E-state index is 0.0604. The molecule has 0 bridgehead atoms. The Morgan fingerprint density at radius 1 is 1.31 bits per heavy atom. The number of aromatic nitrogens is 3. The number of anilines is 1. The maximum Gasteiger partial charge on any atom is 0.410 e. The van der Waals surface area contributed by atoms with Gasteiger partial charge in [-0.1, -0.05) is 0 Å². The number of hydrogen-bond acceptors (Lipinski definition) is 8. The lowest BCUT2D eigenvalue weighted by molar-refractivity contribution is 0.0714. The van der Waals surface area contributed by atoms with Gasteiger partial charge in [0.1, 0.15) is 12.7 Å². The fourth-order valence-electron chi connectivity index (χ4n) is 3.04. The van der Waals surface area contributed by atoms with E-state index in [1.54, 1.807) is 29.6 Å². The average molecular weight is 396 g/mol. The average Bonchev–Trinajstić information content (AvgIpc) is 2.72. The highest BCUT2D eigenvalue weighted by Crippen LogP contribution is 2.19. The van der Waals surface area contributed by atoms with Crippen LogP contribution < -0.4 is 9.64 Å². The fourth-order valence-corrected chi connectivity index (χ4v) is 3.04. The molecule has 0 spiro atoms. The van der Waals surface area contributed by atoms with Crippen LogP contribution in [0.2, 0.25) is 0 Å². The normalized spacial score (nSPS) is 16.4. The predicted molar refractivity (Wildman–Crippen MR) is 105 cm³/mol. The van der Waals surface area contributed by atoms with Gasteiger partial charge in [0.25, 0.3) is 0 Å². The summed E-state index contributed by atoms with van der Waals surface area (Å²) in [6, 6.07) is 3.90. The zero-order valence-electron chi connectivity index (χ0n) is 16.8. The second kappa shape index (κ2) is 9.19. The van der Waals surface area contributed by atoms with Crippen molar-refractivity contribution in [2.75, 3.05) is 24.5 Å². The van der Waals surface area contributed by atoms with Crippen LogP contribution in [0.1, 0.15) is 31.9 Å². The minimum atomic E-state index is -0.288. The number of amides is 1. The van der Waals surface area contributed by atoms with Crippen LogP contribution in [0.3, 0.4) is 0 Å². The smallest absolute Gasteiger partial charge is 0.410 e. The Morgan fingerprint density at radius 2 is 2.07 bits per heavy atom. The highest BCUT2D eigenvalue weighted by Gasteiger charge is 2.29. The van der Waals surface area contributed by atoms with Crippen LogP contribution in [-0.4, -0.2) is 57.7 Å². The molecule has 0 N–H and O–H groups in total. The van der Waals surface area contributed by atoms with Crippen molar-refractivity contribution in [2.24, 2.45) is 0 Å². The SMILES string of the molecule is CC(C)OC(=O)N1CCN(c2ncc(OCc3ccncc3C#N)cn2)[C@H](C)C1. The van der Waals surface area contributed by atoms with E-state index in [2.05, 4.69) is 25.9 Å². The first kappa shape index (κ1) is 20.3. The van der Waals surface area contributed by atoms with Crippen molar-refractivity contribution in [3.05, 3.63) is 42.0 Å². The van der Waals surface area contributed by atoms with E-state index in [0.717, 1.165) is 5.56 Å². The first-order valence-corrected chi connectivity index (χ1v) is 9.48. The fraction of sp³-hybridized carbons (Fsp3) is 0.450. The van der Waals surface area contributed by atoms with Gasteiger partial charge in [-0.25, -0.2) is 14.8 Å². The molecule has 9 nitrogen and oxygen atoms in total. The number of nitrogens with zero attached hydrogens (tertiary/aromatic N) is 6. The molecule has 1 atom stereocenters. The van der Waals surface area contributed by atoms with E-state index in [4.69, 9.17) is 14.7 Å². The van der Waals surface area contributed by atoms with Crippen LogP contribution in [0.4, 0.5) is 10.7 Å². The Morgan fingerprint density at radius 3 is 2.72 bits per heavy atom. The van der Waals surface area contributed by atoms with Gasteiger partial charge in [-0.3, -0.25) is 4.98 Å². The van der Waals surface area contributed by atoms with Crippen molar-refractivity contribution in [3.8, 4) is 11.8 Å². The third-order valence-electron chi connectivity index (χ3n) is 4.52. The van der Waals surface area contributed by atoms with Crippen molar-refractivity contribution in [3.63, 3.8) is 0 Å². The second-order valence-electron chi connectivity index (χ2n) is 7.07. The van der Waals surface area contributed by atoms with E-state index in [1.807, 2.05) is 20.8 Å². The van der Waals surface area contributed by atoms with E-state index >= 15 is 0 Å². The Balaban J connectivity index is 1.58. The quantitative estimate of drug-likeness (QED) is 0.759. The molecule has 1 aliphatic rings. The zero-order valence-corrected chi connectivity index (χ0v) is 16.8. The minimum Gasteiger partial charge on any atom is -0.486 e. The van der Waals surface area contributed by atoms with Crippen molar-refractivity contribution < 1.29 is 14.3 Å². The standard InChI is InChI=1S/C20H24N6O3/c1-14(2)29-20(27)25-6-7-26(15(3)12-25)19-23-10-18(11-24-19)28-13-16-4-5-22-9-17(16)8-21/h4-5,9-11,14-15H,6-7,12-13H2,1-3H3/t15-/m1/s1. The van der Waals surface area contributed by atoms with Gasteiger partial charge in [0.2, 0.25) is 5.95 Å². The van der Waals surface area contributed by atoms with E-state index in [1.165, 1.54) is 6.20 Å². The summed E-state index contributed by atoms with van der Waals surface area (Å²) in [6.07, 6.45) is 5.93. The second-order valence-corrected chi connectivity index (χ2v) is 7.07. The molecular weight excluding hydrogens is 372 g/mol. The Hall–Kier alpha value is -3.41. The molecule has 1 fully saturated rings. The number of carbonyl (C=O) groups excluding carboxylic acids is 1. The van der Waals surface area contributed by atoms with Crippen LogP contribution in [0.5, 0.6) is 5.75 Å². The number of carbonyl (C=O) groups is 1. The van der Waals surface area contributed by atoms with Gasteiger partial charge in [-0.05, 0) is 26.8 Å². The number of pyridine rings is 1. The van der Waals surface area contributed by atoms with Gasteiger partial charge in [-0.15, -0.1) is 0 Å². The van der Waals surface area contributed by atoms with E-state index in [9.17, 15) is 4.79 Å². The van der Waals surface area contributed by atoms with Gasteiger partial charge in [0, 0.05) is 43.6 Å². The zero-order chi connectivity index (χ0) is 20.8. The molecule has 0 unspecified atom stereocenters. The molecule has 152 valence electrons. The number of nitriles is 1. The molecule has 29 heavy (non-hydrogen) atoms. The number of hydrogen-bond donors (Lipinski definition) is 0. The summed E-state index contributed by atoms with van der Waals surface area (Å²) in [5, 5.41) is 9.11. The van der Waals surface area contributed by atoms with Crippen LogP contribution in [0.25, 0.3) is 0 Å². The maximum absolute atomic E-state index is 12.1.